The number of halogens is 1. The summed E-state index contributed by atoms with van der Waals surface area (Å²) in [4.78, 5) is 9.66. The second-order valence-electron chi connectivity index (χ2n) is 6.12. The van der Waals surface area contributed by atoms with Crippen molar-refractivity contribution in [3.05, 3.63) is 35.5 Å². The number of piperazine rings is 1. The van der Waals surface area contributed by atoms with Crippen LogP contribution in [0.4, 0.5) is 5.69 Å². The first-order valence-electron chi connectivity index (χ1n) is 7.84. The molecule has 0 bridgehead atoms. The Hall–Kier alpha value is -1.32. The van der Waals surface area contributed by atoms with E-state index in [-0.39, 0.29) is 0 Å². The zero-order valence-electron chi connectivity index (χ0n) is 12.1. The van der Waals surface area contributed by atoms with Crippen LogP contribution < -0.4 is 4.90 Å². The summed E-state index contributed by atoms with van der Waals surface area (Å²) in [7, 11) is 0. The summed E-state index contributed by atoms with van der Waals surface area (Å²) in [6.45, 7) is 4.72. The number of hydrogen-bond acceptors (Lipinski definition) is 3. The molecular weight excluding hydrogens is 282 g/mol. The Bertz CT molecular complexity index is 658. The molecule has 4 heteroatoms. The van der Waals surface area contributed by atoms with E-state index in [0.29, 0.717) is 0 Å². The van der Waals surface area contributed by atoms with Crippen LogP contribution in [-0.2, 0) is 0 Å². The molecule has 3 heterocycles. The van der Waals surface area contributed by atoms with Gasteiger partial charge in [-0.05, 0) is 43.7 Å². The largest absolute Gasteiger partial charge is 0.368 e. The molecular formula is C17H20ClN3. The molecule has 21 heavy (non-hydrogen) atoms. The van der Waals surface area contributed by atoms with Gasteiger partial charge in [0.05, 0.1) is 5.52 Å². The van der Waals surface area contributed by atoms with E-state index < -0.39 is 0 Å². The monoisotopic (exact) mass is 301 g/mol. The van der Waals surface area contributed by atoms with Crippen molar-refractivity contribution in [2.75, 3.05) is 31.1 Å². The summed E-state index contributed by atoms with van der Waals surface area (Å²) >= 11 is 6.09. The lowest BCUT2D eigenvalue weighted by Gasteiger charge is -2.45. The van der Waals surface area contributed by atoms with Gasteiger partial charge in [-0.1, -0.05) is 18.0 Å². The first kappa shape index (κ1) is 13.4. The highest BCUT2D eigenvalue weighted by atomic mass is 35.5. The van der Waals surface area contributed by atoms with E-state index in [0.717, 1.165) is 29.7 Å². The fraction of sp³-hybridized carbons (Fsp3) is 0.471. The number of benzene rings is 1. The van der Waals surface area contributed by atoms with Crippen molar-refractivity contribution in [3.8, 4) is 0 Å². The van der Waals surface area contributed by atoms with E-state index in [9.17, 15) is 0 Å². The molecule has 1 unspecified atom stereocenters. The number of piperidine rings is 1. The van der Waals surface area contributed by atoms with Gasteiger partial charge in [0.2, 0.25) is 0 Å². The summed E-state index contributed by atoms with van der Waals surface area (Å²) in [5.74, 6) is 0. The molecule has 1 aromatic heterocycles. The zero-order chi connectivity index (χ0) is 14.2. The molecule has 3 nitrogen and oxygen atoms in total. The standard InChI is InChI=1S/C17H20ClN3/c18-13-4-5-15-16(11-13)19-7-6-17(15)21-10-9-20-8-2-1-3-14(20)12-21/h4-7,11,14H,1-3,8-10,12H2. The molecule has 2 fully saturated rings. The van der Waals surface area contributed by atoms with Crippen LogP contribution in [0.5, 0.6) is 0 Å². The minimum Gasteiger partial charge on any atom is -0.368 e. The maximum Gasteiger partial charge on any atom is 0.0737 e. The predicted octanol–water partition coefficient (Wildman–Crippen LogP) is 3.56. The van der Waals surface area contributed by atoms with Crippen LogP contribution in [0.3, 0.4) is 0 Å². The topological polar surface area (TPSA) is 19.4 Å². The molecule has 4 rings (SSSR count). The third-order valence-corrected chi connectivity index (χ3v) is 5.09. The third kappa shape index (κ3) is 2.49. The number of aromatic nitrogens is 1. The Morgan fingerprint density at radius 1 is 1.10 bits per heavy atom. The Labute approximate surface area is 130 Å². The fourth-order valence-corrected chi connectivity index (χ4v) is 3.92. The van der Waals surface area contributed by atoms with Crippen molar-refractivity contribution in [1.82, 2.24) is 9.88 Å². The van der Waals surface area contributed by atoms with Crippen LogP contribution >= 0.6 is 11.6 Å². The highest BCUT2D eigenvalue weighted by Crippen LogP contribution is 2.30. The molecule has 110 valence electrons. The molecule has 0 amide bonds. The molecule has 0 saturated carbocycles. The van der Waals surface area contributed by atoms with E-state index in [4.69, 9.17) is 11.6 Å². The summed E-state index contributed by atoms with van der Waals surface area (Å²) in [5, 5.41) is 1.97. The van der Waals surface area contributed by atoms with E-state index in [1.165, 1.54) is 43.4 Å². The quantitative estimate of drug-likeness (QED) is 0.803. The number of hydrogen-bond donors (Lipinski definition) is 0. The molecule has 1 aromatic carbocycles. The molecule has 2 aliphatic heterocycles. The highest BCUT2D eigenvalue weighted by molar-refractivity contribution is 6.31. The van der Waals surface area contributed by atoms with Crippen LogP contribution in [-0.4, -0.2) is 42.1 Å². The van der Waals surface area contributed by atoms with E-state index in [1.807, 2.05) is 18.3 Å². The van der Waals surface area contributed by atoms with Gasteiger partial charge in [-0.2, -0.15) is 0 Å². The lowest BCUT2D eigenvalue weighted by Crippen LogP contribution is -2.54. The van der Waals surface area contributed by atoms with Crippen molar-refractivity contribution in [1.29, 1.82) is 0 Å². The summed E-state index contributed by atoms with van der Waals surface area (Å²) < 4.78 is 0. The van der Waals surface area contributed by atoms with Gasteiger partial charge in [0.15, 0.2) is 0 Å². The van der Waals surface area contributed by atoms with Crippen LogP contribution in [0.15, 0.2) is 30.5 Å². The first-order valence-corrected chi connectivity index (χ1v) is 8.22. The fourth-order valence-electron chi connectivity index (χ4n) is 3.76. The second kappa shape index (κ2) is 5.47. The lowest BCUT2D eigenvalue weighted by molar-refractivity contribution is 0.133. The van der Waals surface area contributed by atoms with Crippen molar-refractivity contribution >= 4 is 28.2 Å². The lowest BCUT2D eigenvalue weighted by atomic mass is 9.99. The number of rotatable bonds is 1. The Morgan fingerprint density at radius 3 is 3.00 bits per heavy atom. The molecule has 2 saturated heterocycles. The second-order valence-corrected chi connectivity index (χ2v) is 6.56. The molecule has 1 atom stereocenters. The summed E-state index contributed by atoms with van der Waals surface area (Å²) in [5.41, 5.74) is 2.30. The Balaban J connectivity index is 1.67. The molecule has 0 N–H and O–H groups in total. The van der Waals surface area contributed by atoms with Gasteiger partial charge in [0.1, 0.15) is 0 Å². The Kier molecular flexibility index (Phi) is 3.48. The van der Waals surface area contributed by atoms with Gasteiger partial charge in [-0.15, -0.1) is 0 Å². The normalized spacial score (nSPS) is 23.3. The summed E-state index contributed by atoms with van der Waals surface area (Å²) in [6, 6.07) is 8.90. The van der Waals surface area contributed by atoms with E-state index in [2.05, 4.69) is 26.9 Å². The van der Waals surface area contributed by atoms with Gasteiger partial charge in [-0.3, -0.25) is 9.88 Å². The van der Waals surface area contributed by atoms with E-state index in [1.54, 1.807) is 0 Å². The summed E-state index contributed by atoms with van der Waals surface area (Å²) in [6.07, 6.45) is 5.99. The van der Waals surface area contributed by atoms with Gasteiger partial charge in [0, 0.05) is 48.0 Å². The van der Waals surface area contributed by atoms with Crippen LogP contribution in [0.1, 0.15) is 19.3 Å². The third-order valence-electron chi connectivity index (χ3n) is 4.86. The van der Waals surface area contributed by atoms with Gasteiger partial charge >= 0.3 is 0 Å². The molecule has 2 aromatic rings. The number of nitrogens with zero attached hydrogens (tertiary/aromatic N) is 3. The average molecular weight is 302 g/mol. The molecule has 0 aliphatic carbocycles. The highest BCUT2D eigenvalue weighted by Gasteiger charge is 2.29. The van der Waals surface area contributed by atoms with Crippen LogP contribution in [0.25, 0.3) is 10.9 Å². The predicted molar refractivity (Wildman–Crippen MR) is 88.2 cm³/mol. The minimum atomic E-state index is 0.725. The molecule has 0 spiro atoms. The molecule has 0 radical (unpaired) electrons. The average Bonchev–Trinajstić information content (AvgIpc) is 2.53. The van der Waals surface area contributed by atoms with Crippen molar-refractivity contribution in [2.45, 2.75) is 25.3 Å². The van der Waals surface area contributed by atoms with Gasteiger partial charge in [0.25, 0.3) is 0 Å². The molecule has 2 aliphatic rings. The Morgan fingerprint density at radius 2 is 2.05 bits per heavy atom. The minimum absolute atomic E-state index is 0.725. The maximum atomic E-state index is 6.09. The van der Waals surface area contributed by atoms with Crippen LogP contribution in [0, 0.1) is 0 Å². The number of fused-ring (bicyclic) bond motifs is 2. The van der Waals surface area contributed by atoms with E-state index >= 15 is 0 Å². The maximum absolute atomic E-state index is 6.09. The van der Waals surface area contributed by atoms with Crippen molar-refractivity contribution < 1.29 is 0 Å². The first-order chi connectivity index (χ1) is 10.3. The number of anilines is 1. The van der Waals surface area contributed by atoms with Crippen molar-refractivity contribution in [3.63, 3.8) is 0 Å². The van der Waals surface area contributed by atoms with Crippen LogP contribution in [0.2, 0.25) is 5.02 Å². The van der Waals surface area contributed by atoms with Gasteiger partial charge < -0.3 is 4.90 Å². The SMILES string of the molecule is Clc1ccc2c(N3CCN4CCCCC4C3)ccnc2c1. The smallest absolute Gasteiger partial charge is 0.0737 e. The zero-order valence-corrected chi connectivity index (χ0v) is 12.9. The van der Waals surface area contributed by atoms with Crippen molar-refractivity contribution in [2.24, 2.45) is 0 Å². The van der Waals surface area contributed by atoms with Gasteiger partial charge in [-0.25, -0.2) is 0 Å². The number of pyridine rings is 1.